The molecule has 1 aliphatic rings. The van der Waals surface area contributed by atoms with Crippen LogP contribution in [-0.4, -0.2) is 13.6 Å². The quantitative estimate of drug-likeness (QED) is 0.328. The van der Waals surface area contributed by atoms with E-state index >= 15 is 0 Å². The van der Waals surface area contributed by atoms with Crippen molar-refractivity contribution >= 4 is 0 Å². The molecule has 0 heterocycles. The van der Waals surface area contributed by atoms with E-state index in [4.69, 9.17) is 0 Å². The van der Waals surface area contributed by atoms with Gasteiger partial charge in [0.25, 0.3) is 0 Å². The maximum atomic E-state index is 3.20. The molecular weight excluding hydrogens is 254 g/mol. The van der Waals surface area contributed by atoms with E-state index in [9.17, 15) is 0 Å². The molecule has 1 aliphatic carbocycles. The van der Waals surface area contributed by atoms with E-state index in [0.717, 1.165) is 24.8 Å². The van der Waals surface area contributed by atoms with Crippen molar-refractivity contribution in [1.29, 1.82) is 0 Å². The zero-order valence-electron chi connectivity index (χ0n) is 14.6. The first-order valence-corrected chi connectivity index (χ1v) is 8.77. The molecule has 2 atom stereocenters. The Kier molecular flexibility index (Phi) is 9.41. The molecule has 1 fully saturated rings. The van der Waals surface area contributed by atoms with Crippen LogP contribution in [0.5, 0.6) is 0 Å². The van der Waals surface area contributed by atoms with Crippen molar-refractivity contribution in [3.63, 3.8) is 0 Å². The molecule has 0 aromatic heterocycles. The number of likely N-dealkylation sites (N-methyl/N-ethyl adjacent to an activating group) is 1. The third-order valence-corrected chi connectivity index (χ3v) is 4.55. The first-order chi connectivity index (χ1) is 10.2. The summed E-state index contributed by atoms with van der Waals surface area (Å²) in [6, 6.07) is 0. The summed E-state index contributed by atoms with van der Waals surface area (Å²) in [6.07, 6.45) is 18.6. The zero-order valence-corrected chi connectivity index (χ0v) is 14.6. The van der Waals surface area contributed by atoms with Gasteiger partial charge >= 0.3 is 0 Å². The van der Waals surface area contributed by atoms with Gasteiger partial charge in [0.1, 0.15) is 0 Å². The molecule has 1 rings (SSSR count). The first-order valence-electron chi connectivity index (χ1n) is 8.77. The van der Waals surface area contributed by atoms with Crippen molar-refractivity contribution in [2.75, 3.05) is 13.6 Å². The summed E-state index contributed by atoms with van der Waals surface area (Å²) in [5.74, 6) is 1.94. The number of hydrogen-bond acceptors (Lipinski definition) is 1. The van der Waals surface area contributed by atoms with Gasteiger partial charge in [-0.1, -0.05) is 55.2 Å². The van der Waals surface area contributed by atoms with Gasteiger partial charge in [0.15, 0.2) is 0 Å². The third kappa shape index (κ3) is 8.26. The molecule has 0 saturated heterocycles. The summed E-state index contributed by atoms with van der Waals surface area (Å²) in [5, 5.41) is 3.20. The van der Waals surface area contributed by atoms with Crippen LogP contribution < -0.4 is 5.32 Å². The number of hydrogen-bond donors (Lipinski definition) is 1. The second kappa shape index (κ2) is 10.8. The summed E-state index contributed by atoms with van der Waals surface area (Å²) in [4.78, 5) is 0. The van der Waals surface area contributed by atoms with E-state index in [1.165, 1.54) is 49.7 Å². The van der Waals surface area contributed by atoms with Crippen LogP contribution in [0.15, 0.2) is 35.5 Å². The van der Waals surface area contributed by atoms with E-state index in [1.54, 1.807) is 0 Å². The van der Waals surface area contributed by atoms with E-state index < -0.39 is 0 Å². The van der Waals surface area contributed by atoms with Crippen LogP contribution in [0.3, 0.4) is 0 Å². The Labute approximate surface area is 132 Å². The minimum atomic E-state index is 0.962. The van der Waals surface area contributed by atoms with E-state index in [0.29, 0.717) is 0 Å². The monoisotopic (exact) mass is 289 g/mol. The zero-order chi connectivity index (χ0) is 15.5. The molecule has 1 nitrogen and oxygen atoms in total. The SMILES string of the molecule is C/C=C\C(=C/CC/C=C(/C)CNC)CCC1CCC(C)C1. The Balaban J connectivity index is 2.34. The molecule has 0 radical (unpaired) electrons. The highest BCUT2D eigenvalue weighted by atomic mass is 14.8. The topological polar surface area (TPSA) is 12.0 Å². The minimum absolute atomic E-state index is 0.962. The number of rotatable bonds is 9. The van der Waals surface area contributed by atoms with Gasteiger partial charge in [0.2, 0.25) is 0 Å². The molecule has 1 N–H and O–H groups in total. The Morgan fingerprint density at radius 3 is 2.57 bits per heavy atom. The fourth-order valence-corrected chi connectivity index (χ4v) is 3.37. The predicted octanol–water partition coefficient (Wildman–Crippen LogP) is 5.65. The van der Waals surface area contributed by atoms with Crippen LogP contribution >= 0.6 is 0 Å². The fraction of sp³-hybridized carbons (Fsp3) is 0.700. The molecule has 2 unspecified atom stereocenters. The summed E-state index contributed by atoms with van der Waals surface area (Å²) < 4.78 is 0. The van der Waals surface area contributed by atoms with Crippen LogP contribution in [0.2, 0.25) is 0 Å². The number of unbranched alkanes of at least 4 members (excludes halogenated alkanes) is 1. The predicted molar refractivity (Wildman–Crippen MR) is 95.6 cm³/mol. The maximum absolute atomic E-state index is 3.20. The lowest BCUT2D eigenvalue weighted by Gasteiger charge is -2.10. The summed E-state index contributed by atoms with van der Waals surface area (Å²) >= 11 is 0. The van der Waals surface area contributed by atoms with Crippen LogP contribution in [0, 0.1) is 11.8 Å². The normalized spacial score (nSPS) is 24.2. The van der Waals surface area contributed by atoms with Crippen LogP contribution in [-0.2, 0) is 0 Å². The lowest BCUT2D eigenvalue weighted by molar-refractivity contribution is 0.481. The smallest absolute Gasteiger partial charge is 0.0158 e. The molecule has 120 valence electrons. The molecule has 0 aromatic carbocycles. The van der Waals surface area contributed by atoms with Gasteiger partial charge in [-0.2, -0.15) is 0 Å². The standard InChI is InChI=1S/C20H35N/c1-5-8-19(10-7-6-9-18(3)16-21-4)13-14-20-12-11-17(2)15-20/h5,8-10,17,20-21H,6-7,11-16H2,1-4H3/b8-5-,18-9-,19-10+. The minimum Gasteiger partial charge on any atom is -0.316 e. The number of nitrogens with one attached hydrogen (secondary N) is 1. The van der Waals surface area contributed by atoms with Gasteiger partial charge in [0, 0.05) is 6.54 Å². The Morgan fingerprint density at radius 1 is 1.19 bits per heavy atom. The average molecular weight is 290 g/mol. The van der Waals surface area contributed by atoms with Gasteiger partial charge in [-0.05, 0) is 64.8 Å². The van der Waals surface area contributed by atoms with Gasteiger partial charge in [0.05, 0.1) is 0 Å². The molecule has 1 heteroatoms. The summed E-state index contributed by atoms with van der Waals surface area (Å²) in [5.41, 5.74) is 2.98. The lowest BCUT2D eigenvalue weighted by atomic mass is 9.96. The molecule has 21 heavy (non-hydrogen) atoms. The fourth-order valence-electron chi connectivity index (χ4n) is 3.37. The molecule has 0 amide bonds. The van der Waals surface area contributed by atoms with E-state index in [1.807, 2.05) is 7.05 Å². The summed E-state index contributed by atoms with van der Waals surface area (Å²) in [6.45, 7) is 7.74. The van der Waals surface area contributed by atoms with E-state index in [2.05, 4.69) is 50.4 Å². The highest BCUT2D eigenvalue weighted by Gasteiger charge is 2.20. The molecular formula is C20H35N. The van der Waals surface area contributed by atoms with Crippen molar-refractivity contribution in [2.45, 2.75) is 65.7 Å². The Hall–Kier alpha value is -0.820. The van der Waals surface area contributed by atoms with Crippen molar-refractivity contribution in [3.8, 4) is 0 Å². The molecule has 0 aliphatic heterocycles. The van der Waals surface area contributed by atoms with Crippen molar-refractivity contribution in [3.05, 3.63) is 35.5 Å². The second-order valence-corrected chi connectivity index (χ2v) is 6.76. The van der Waals surface area contributed by atoms with Crippen LogP contribution in [0.25, 0.3) is 0 Å². The number of allylic oxidation sites excluding steroid dienone is 5. The van der Waals surface area contributed by atoms with Gasteiger partial charge < -0.3 is 5.32 Å². The largest absolute Gasteiger partial charge is 0.316 e. The molecule has 1 saturated carbocycles. The maximum Gasteiger partial charge on any atom is 0.0158 e. The lowest BCUT2D eigenvalue weighted by Crippen LogP contribution is -2.08. The van der Waals surface area contributed by atoms with Gasteiger partial charge in [-0.3, -0.25) is 0 Å². The highest BCUT2D eigenvalue weighted by molar-refractivity contribution is 5.18. The molecule has 0 spiro atoms. The van der Waals surface area contributed by atoms with Gasteiger partial charge in [-0.15, -0.1) is 0 Å². The van der Waals surface area contributed by atoms with Crippen molar-refractivity contribution in [1.82, 2.24) is 5.32 Å². The van der Waals surface area contributed by atoms with Crippen molar-refractivity contribution < 1.29 is 0 Å². The van der Waals surface area contributed by atoms with Crippen LogP contribution in [0.1, 0.15) is 65.7 Å². The first kappa shape index (κ1) is 18.2. The third-order valence-electron chi connectivity index (χ3n) is 4.55. The van der Waals surface area contributed by atoms with Gasteiger partial charge in [-0.25, -0.2) is 0 Å². The average Bonchev–Trinajstić information content (AvgIpc) is 2.87. The molecule has 0 bridgehead atoms. The van der Waals surface area contributed by atoms with Crippen LogP contribution in [0.4, 0.5) is 0 Å². The Morgan fingerprint density at radius 2 is 1.95 bits per heavy atom. The van der Waals surface area contributed by atoms with Crippen molar-refractivity contribution in [2.24, 2.45) is 11.8 Å². The Bertz CT molecular complexity index is 362. The highest BCUT2D eigenvalue weighted by Crippen LogP contribution is 2.34. The van der Waals surface area contributed by atoms with E-state index in [-0.39, 0.29) is 0 Å². The summed E-state index contributed by atoms with van der Waals surface area (Å²) in [7, 11) is 2.01. The molecule has 0 aromatic rings. The second-order valence-electron chi connectivity index (χ2n) is 6.76.